The molecule has 0 aliphatic heterocycles. The molecule has 0 radical (unpaired) electrons. The molecule has 0 atom stereocenters. The Morgan fingerprint density at radius 2 is 1.91 bits per heavy atom. The fourth-order valence-electron chi connectivity index (χ4n) is 3.06. The average Bonchev–Trinajstić information content (AvgIpc) is 3.23. The zero-order valence-electron chi connectivity index (χ0n) is 17.0. The number of hydrogen-bond donors (Lipinski definition) is 2. The third-order valence-corrected chi connectivity index (χ3v) is 5.96. The number of halogens is 1. The zero-order valence-corrected chi connectivity index (χ0v) is 19.4. The fraction of sp³-hybridized carbons (Fsp3) is 0.0870. The van der Waals surface area contributed by atoms with Crippen LogP contribution < -0.4 is 10.1 Å². The third kappa shape index (κ3) is 4.95. The minimum atomic E-state index is -0.183. The maximum atomic E-state index is 12.5. The Morgan fingerprint density at radius 3 is 2.69 bits per heavy atom. The second-order valence-corrected chi connectivity index (χ2v) is 8.57. The summed E-state index contributed by atoms with van der Waals surface area (Å²) in [4.78, 5) is 12.5. The summed E-state index contributed by atoms with van der Waals surface area (Å²) in [5.74, 6) is 1.18. The Bertz CT molecular complexity index is 1250. The van der Waals surface area contributed by atoms with Crippen LogP contribution in [0.25, 0.3) is 17.1 Å². The van der Waals surface area contributed by atoms with Gasteiger partial charge in [0.05, 0.1) is 18.4 Å². The fourth-order valence-corrected chi connectivity index (χ4v) is 4.18. The Morgan fingerprint density at radius 1 is 1.09 bits per heavy atom. The molecule has 1 amide bonds. The van der Waals surface area contributed by atoms with Gasteiger partial charge in [0.1, 0.15) is 11.5 Å². The summed E-state index contributed by atoms with van der Waals surface area (Å²) in [5, 5.41) is 22.4. The van der Waals surface area contributed by atoms with Gasteiger partial charge in [-0.1, -0.05) is 52.0 Å². The van der Waals surface area contributed by atoms with Gasteiger partial charge in [0.15, 0.2) is 11.0 Å². The highest BCUT2D eigenvalue weighted by atomic mass is 79.9. The van der Waals surface area contributed by atoms with E-state index in [0.717, 1.165) is 10.2 Å². The summed E-state index contributed by atoms with van der Waals surface area (Å²) in [6.07, 6.45) is 0. The van der Waals surface area contributed by atoms with Gasteiger partial charge >= 0.3 is 0 Å². The summed E-state index contributed by atoms with van der Waals surface area (Å²) in [7, 11) is 1.58. The van der Waals surface area contributed by atoms with Gasteiger partial charge in [0.2, 0.25) is 5.91 Å². The van der Waals surface area contributed by atoms with E-state index in [-0.39, 0.29) is 17.4 Å². The zero-order chi connectivity index (χ0) is 22.5. The van der Waals surface area contributed by atoms with Gasteiger partial charge in [-0.15, -0.1) is 10.2 Å². The van der Waals surface area contributed by atoms with E-state index in [4.69, 9.17) is 4.74 Å². The Hall–Kier alpha value is -3.30. The smallest absolute Gasteiger partial charge is 0.234 e. The van der Waals surface area contributed by atoms with Crippen LogP contribution in [0.2, 0.25) is 0 Å². The molecule has 0 bridgehead atoms. The number of nitrogens with one attached hydrogen (secondary N) is 1. The summed E-state index contributed by atoms with van der Waals surface area (Å²) in [6, 6.07) is 21.9. The molecule has 1 aromatic heterocycles. The molecule has 0 spiro atoms. The van der Waals surface area contributed by atoms with Crippen molar-refractivity contribution in [3.63, 3.8) is 0 Å². The van der Waals surface area contributed by atoms with Crippen molar-refractivity contribution in [1.82, 2.24) is 14.8 Å². The first-order valence-corrected chi connectivity index (χ1v) is 11.4. The molecular weight excluding hydrogens is 492 g/mol. The molecule has 162 valence electrons. The lowest BCUT2D eigenvalue weighted by molar-refractivity contribution is -0.113. The maximum absolute atomic E-state index is 12.5. The third-order valence-electron chi connectivity index (χ3n) is 4.53. The highest BCUT2D eigenvalue weighted by molar-refractivity contribution is 9.10. The standard InChI is InChI=1S/C23H19BrN4O3S/c1-31-18-9-5-6-16(13-18)25-21(30)14-32-23-27-26-22(19-12-15(24)10-11-20(19)29)28(23)17-7-3-2-4-8-17/h2-13,29H,14H2,1H3,(H,25,30). The number of aromatic hydroxyl groups is 1. The molecule has 0 unspecified atom stereocenters. The van der Waals surface area contributed by atoms with E-state index in [1.165, 1.54) is 11.8 Å². The molecule has 0 fully saturated rings. The molecule has 4 rings (SSSR count). The van der Waals surface area contributed by atoms with Crippen molar-refractivity contribution in [2.45, 2.75) is 5.16 Å². The Balaban J connectivity index is 1.61. The molecule has 4 aromatic rings. The first-order valence-electron chi connectivity index (χ1n) is 9.61. The van der Waals surface area contributed by atoms with Gasteiger partial charge < -0.3 is 15.2 Å². The SMILES string of the molecule is COc1cccc(NC(=O)CSc2nnc(-c3cc(Br)ccc3O)n2-c2ccccc2)c1. The highest BCUT2D eigenvalue weighted by Crippen LogP contribution is 2.34. The molecule has 3 aromatic carbocycles. The number of phenolic OH excluding ortho intramolecular Hbond substituents is 1. The number of carbonyl (C=O) groups is 1. The molecule has 2 N–H and O–H groups in total. The van der Waals surface area contributed by atoms with Crippen molar-refractivity contribution in [3.8, 4) is 28.6 Å². The number of nitrogens with zero attached hydrogens (tertiary/aromatic N) is 3. The lowest BCUT2D eigenvalue weighted by Crippen LogP contribution is -2.14. The summed E-state index contributed by atoms with van der Waals surface area (Å²) in [6.45, 7) is 0. The second-order valence-electron chi connectivity index (χ2n) is 6.71. The summed E-state index contributed by atoms with van der Waals surface area (Å²) in [5.41, 5.74) is 2.00. The number of benzene rings is 3. The summed E-state index contributed by atoms with van der Waals surface area (Å²) < 4.78 is 7.82. The lowest BCUT2D eigenvalue weighted by atomic mass is 10.2. The number of ether oxygens (including phenoxy) is 1. The number of rotatable bonds is 7. The number of amides is 1. The molecule has 32 heavy (non-hydrogen) atoms. The Kier molecular flexibility index (Phi) is 6.77. The van der Waals surface area contributed by atoms with Gasteiger partial charge in [-0.3, -0.25) is 9.36 Å². The number of carbonyl (C=O) groups excluding carboxylic acids is 1. The molecule has 0 aliphatic rings. The lowest BCUT2D eigenvalue weighted by Gasteiger charge is -2.11. The van der Waals surface area contributed by atoms with Crippen LogP contribution in [0, 0.1) is 0 Å². The van der Waals surface area contributed by atoms with Crippen LogP contribution in [0.4, 0.5) is 5.69 Å². The van der Waals surface area contributed by atoms with Crippen LogP contribution in [-0.4, -0.2) is 38.6 Å². The topological polar surface area (TPSA) is 89.3 Å². The van der Waals surface area contributed by atoms with Crippen molar-refractivity contribution in [3.05, 3.63) is 77.3 Å². The molecule has 1 heterocycles. The Labute approximate surface area is 197 Å². The van der Waals surface area contributed by atoms with Gasteiger partial charge in [0.25, 0.3) is 0 Å². The van der Waals surface area contributed by atoms with Crippen LogP contribution in [0.1, 0.15) is 0 Å². The molecular formula is C23H19BrN4O3S. The largest absolute Gasteiger partial charge is 0.507 e. The molecule has 0 aliphatic carbocycles. The van der Waals surface area contributed by atoms with Gasteiger partial charge in [-0.05, 0) is 42.5 Å². The molecule has 0 saturated carbocycles. The molecule has 7 nitrogen and oxygen atoms in total. The minimum Gasteiger partial charge on any atom is -0.507 e. The van der Waals surface area contributed by atoms with E-state index in [2.05, 4.69) is 31.4 Å². The number of aromatic nitrogens is 3. The first-order chi connectivity index (χ1) is 15.5. The predicted octanol–water partition coefficient (Wildman–Crippen LogP) is 5.14. The maximum Gasteiger partial charge on any atom is 0.234 e. The van der Waals surface area contributed by atoms with Gasteiger partial charge in [0, 0.05) is 21.9 Å². The van der Waals surface area contributed by atoms with Crippen molar-refractivity contribution in [1.29, 1.82) is 0 Å². The van der Waals surface area contributed by atoms with Crippen LogP contribution in [0.15, 0.2) is 82.4 Å². The van der Waals surface area contributed by atoms with Gasteiger partial charge in [-0.2, -0.15) is 0 Å². The van der Waals surface area contributed by atoms with Crippen LogP contribution in [0.5, 0.6) is 11.5 Å². The number of phenols is 1. The van der Waals surface area contributed by atoms with Crippen LogP contribution in [-0.2, 0) is 4.79 Å². The van der Waals surface area contributed by atoms with Crippen LogP contribution >= 0.6 is 27.7 Å². The number of thioether (sulfide) groups is 1. The van der Waals surface area contributed by atoms with E-state index >= 15 is 0 Å². The highest BCUT2D eigenvalue weighted by Gasteiger charge is 2.19. The van der Waals surface area contributed by atoms with E-state index in [0.29, 0.717) is 28.0 Å². The molecule has 0 saturated heterocycles. The van der Waals surface area contributed by atoms with E-state index < -0.39 is 0 Å². The molecule has 9 heteroatoms. The monoisotopic (exact) mass is 510 g/mol. The van der Waals surface area contributed by atoms with Crippen LogP contribution in [0.3, 0.4) is 0 Å². The van der Waals surface area contributed by atoms with E-state index in [9.17, 15) is 9.90 Å². The normalized spacial score (nSPS) is 10.7. The van der Waals surface area contributed by atoms with Crippen molar-refractivity contribution in [2.24, 2.45) is 0 Å². The van der Waals surface area contributed by atoms with Crippen molar-refractivity contribution in [2.75, 3.05) is 18.2 Å². The quantitative estimate of drug-likeness (QED) is 0.334. The first kappa shape index (κ1) is 21.9. The number of anilines is 1. The van der Waals surface area contributed by atoms with E-state index in [1.54, 1.807) is 37.4 Å². The summed E-state index contributed by atoms with van der Waals surface area (Å²) >= 11 is 4.69. The van der Waals surface area contributed by atoms with E-state index in [1.807, 2.05) is 47.0 Å². The predicted molar refractivity (Wildman–Crippen MR) is 129 cm³/mol. The number of hydrogen-bond acceptors (Lipinski definition) is 6. The number of methoxy groups -OCH3 is 1. The van der Waals surface area contributed by atoms with Crippen molar-refractivity contribution >= 4 is 39.3 Å². The van der Waals surface area contributed by atoms with Gasteiger partial charge in [-0.25, -0.2) is 0 Å². The average molecular weight is 511 g/mol. The van der Waals surface area contributed by atoms with Crippen molar-refractivity contribution < 1.29 is 14.6 Å². The number of para-hydroxylation sites is 1. The second kappa shape index (κ2) is 9.88. The minimum absolute atomic E-state index is 0.0881.